The van der Waals surface area contributed by atoms with Crippen LogP contribution in [-0.4, -0.2) is 51.8 Å². The van der Waals surface area contributed by atoms with Gasteiger partial charge in [0.15, 0.2) is 0 Å². The molecule has 0 N–H and O–H groups in total. The van der Waals surface area contributed by atoms with Crippen molar-refractivity contribution in [1.29, 1.82) is 0 Å². The highest BCUT2D eigenvalue weighted by molar-refractivity contribution is 7.31. The van der Waals surface area contributed by atoms with E-state index < -0.39 is 0 Å². The minimum atomic E-state index is -0.0858. The molecule has 0 aliphatic carbocycles. The summed E-state index contributed by atoms with van der Waals surface area (Å²) < 4.78 is 22.4. The molecule has 0 fully saturated rings. The predicted octanol–water partition coefficient (Wildman–Crippen LogP) is 8.62. The third kappa shape index (κ3) is 28.2. The Morgan fingerprint density at radius 2 is 1.17 bits per heavy atom. The smallest absolute Gasteiger partial charge is 0.305 e. The van der Waals surface area contributed by atoms with Crippen LogP contribution in [-0.2, 0) is 23.5 Å². The van der Waals surface area contributed by atoms with Crippen LogP contribution in [0.2, 0.25) is 0 Å². The molecule has 0 aliphatic heterocycles. The summed E-state index contributed by atoms with van der Waals surface area (Å²) in [6.07, 6.45) is 23.8. The molecule has 2 unspecified atom stereocenters. The van der Waals surface area contributed by atoms with Crippen LogP contribution in [0, 0.1) is 0 Å². The van der Waals surface area contributed by atoms with Gasteiger partial charge in [-0.3, -0.25) is 4.79 Å². The summed E-state index contributed by atoms with van der Waals surface area (Å²) in [6, 6.07) is 0. The van der Waals surface area contributed by atoms with Crippen LogP contribution in [0.5, 0.6) is 0 Å². The van der Waals surface area contributed by atoms with Gasteiger partial charge >= 0.3 is 5.97 Å². The summed E-state index contributed by atoms with van der Waals surface area (Å²) in [4.78, 5) is 11.3. The first kappa shape index (κ1) is 34.8. The maximum Gasteiger partial charge on any atom is 0.305 e. The van der Waals surface area contributed by atoms with Crippen molar-refractivity contribution < 1.29 is 23.5 Å². The fourth-order valence-electron chi connectivity index (χ4n) is 4.14. The predicted molar refractivity (Wildman–Crippen MR) is 151 cm³/mol. The van der Waals surface area contributed by atoms with Gasteiger partial charge in [-0.1, -0.05) is 103 Å². The molecule has 0 spiro atoms. The first-order valence-corrected chi connectivity index (χ1v) is 16.3. The number of rotatable bonds is 29. The molecule has 0 rings (SSSR count). The van der Waals surface area contributed by atoms with Crippen LogP contribution in [0.25, 0.3) is 0 Å². The first-order chi connectivity index (χ1) is 17.2. The van der Waals surface area contributed by atoms with Crippen molar-refractivity contribution in [3.8, 4) is 0 Å². The molecule has 2 atom stereocenters. The minimum Gasteiger partial charge on any atom is -0.466 e. The highest BCUT2D eigenvalue weighted by Crippen LogP contribution is 2.13. The highest BCUT2D eigenvalue weighted by atomic mass is 31.1. The minimum absolute atomic E-state index is 0.0219. The van der Waals surface area contributed by atoms with Crippen molar-refractivity contribution in [2.75, 3.05) is 39.7 Å². The first-order valence-electron chi connectivity index (χ1n) is 14.9. The van der Waals surface area contributed by atoms with Gasteiger partial charge in [0.1, 0.15) is 6.10 Å². The van der Waals surface area contributed by atoms with Crippen LogP contribution >= 0.6 is 8.81 Å². The van der Waals surface area contributed by atoms with Gasteiger partial charge in [0.25, 0.3) is 0 Å². The van der Waals surface area contributed by atoms with Gasteiger partial charge in [0, 0.05) is 28.4 Å². The van der Waals surface area contributed by atoms with Crippen LogP contribution in [0.15, 0.2) is 0 Å². The third-order valence-corrected chi connectivity index (χ3v) is 6.75. The quantitative estimate of drug-likeness (QED) is 0.0563. The Hall–Kier alpha value is -0.220. The van der Waals surface area contributed by atoms with E-state index in [9.17, 15) is 4.79 Å². The second-order valence-corrected chi connectivity index (χ2v) is 10.3. The molecule has 0 bridgehead atoms. The molecular formula is C29H59O5P. The molecule has 0 aromatic carbocycles. The topological polar surface area (TPSA) is 54.0 Å². The molecular weight excluding hydrogens is 459 g/mol. The van der Waals surface area contributed by atoms with Gasteiger partial charge < -0.3 is 18.7 Å². The maximum absolute atomic E-state index is 11.3. The Kier molecular flexibility index (Phi) is 29.8. The zero-order valence-corrected chi connectivity index (χ0v) is 24.6. The van der Waals surface area contributed by atoms with E-state index >= 15 is 0 Å². The van der Waals surface area contributed by atoms with Gasteiger partial charge in [-0.2, -0.15) is 0 Å². The van der Waals surface area contributed by atoms with Crippen molar-refractivity contribution in [3.63, 3.8) is 0 Å². The van der Waals surface area contributed by atoms with E-state index in [1.807, 2.05) is 13.6 Å². The standard InChI is InChI=1S/C29H59O5P/c1-4-6-7-8-9-10-11-12-13-14-15-16-18-21-24-31-26-28(27-34-35-3)33-25-22-19-17-20-23-29(30)32-5-2/h28,35H,4-27H2,1-3H3. The van der Waals surface area contributed by atoms with Gasteiger partial charge in [-0.05, 0) is 32.9 Å². The molecule has 0 saturated heterocycles. The number of unbranched alkanes of at least 4 members (excludes halogenated alkanes) is 16. The molecule has 210 valence electrons. The van der Waals surface area contributed by atoms with Crippen LogP contribution in [0.3, 0.4) is 0 Å². The average molecular weight is 519 g/mol. The number of carbonyl (C=O) groups is 1. The summed E-state index contributed by atoms with van der Waals surface area (Å²) in [5.41, 5.74) is 0. The Morgan fingerprint density at radius 3 is 1.71 bits per heavy atom. The van der Waals surface area contributed by atoms with Crippen LogP contribution < -0.4 is 0 Å². The monoisotopic (exact) mass is 518 g/mol. The van der Waals surface area contributed by atoms with Crippen molar-refractivity contribution in [2.45, 2.75) is 142 Å². The molecule has 0 aromatic rings. The lowest BCUT2D eigenvalue weighted by Crippen LogP contribution is -2.25. The molecule has 0 heterocycles. The van der Waals surface area contributed by atoms with E-state index in [4.69, 9.17) is 18.7 Å². The summed E-state index contributed by atoms with van der Waals surface area (Å²) in [7, 11) is 0.477. The number of hydrogen-bond donors (Lipinski definition) is 0. The van der Waals surface area contributed by atoms with E-state index in [-0.39, 0.29) is 12.1 Å². The Balaban J connectivity index is 3.50. The van der Waals surface area contributed by atoms with Crippen molar-refractivity contribution >= 4 is 14.8 Å². The van der Waals surface area contributed by atoms with E-state index in [2.05, 4.69) is 6.92 Å². The second-order valence-electron chi connectivity index (χ2n) is 9.65. The fourth-order valence-corrected chi connectivity index (χ4v) is 4.49. The number of ether oxygens (including phenoxy) is 3. The molecule has 0 aliphatic rings. The van der Waals surface area contributed by atoms with Crippen molar-refractivity contribution in [2.24, 2.45) is 0 Å². The zero-order chi connectivity index (χ0) is 25.7. The molecule has 0 radical (unpaired) electrons. The van der Waals surface area contributed by atoms with Gasteiger partial charge in [-0.25, -0.2) is 0 Å². The number of esters is 1. The SMILES string of the molecule is CCCCCCCCCCCCCCCCOCC(COPC)OCCCCCCC(=O)OCC. The number of carbonyl (C=O) groups excluding carboxylic acids is 1. The van der Waals surface area contributed by atoms with Crippen LogP contribution in [0.1, 0.15) is 136 Å². The van der Waals surface area contributed by atoms with Gasteiger partial charge in [0.2, 0.25) is 0 Å². The molecule has 5 nitrogen and oxygen atoms in total. The van der Waals surface area contributed by atoms with E-state index in [1.54, 1.807) is 0 Å². The summed E-state index contributed by atoms with van der Waals surface area (Å²) in [5, 5.41) is 0. The summed E-state index contributed by atoms with van der Waals surface area (Å²) >= 11 is 0. The third-order valence-electron chi connectivity index (χ3n) is 6.29. The summed E-state index contributed by atoms with van der Waals surface area (Å²) in [6.45, 7) is 9.40. The average Bonchev–Trinajstić information content (AvgIpc) is 2.86. The van der Waals surface area contributed by atoms with E-state index in [0.717, 1.165) is 45.3 Å². The normalized spacial score (nSPS) is 12.5. The van der Waals surface area contributed by atoms with Crippen LogP contribution in [0.4, 0.5) is 0 Å². The fraction of sp³-hybridized carbons (Fsp3) is 0.966. The zero-order valence-electron chi connectivity index (χ0n) is 23.6. The molecule has 0 aromatic heterocycles. The lowest BCUT2D eigenvalue weighted by molar-refractivity contribution is -0.143. The van der Waals surface area contributed by atoms with E-state index in [1.165, 1.54) is 83.5 Å². The molecule has 35 heavy (non-hydrogen) atoms. The highest BCUT2D eigenvalue weighted by Gasteiger charge is 2.10. The Labute approximate surface area is 220 Å². The van der Waals surface area contributed by atoms with E-state index in [0.29, 0.717) is 35.0 Å². The second kappa shape index (κ2) is 30.0. The van der Waals surface area contributed by atoms with Crippen molar-refractivity contribution in [3.05, 3.63) is 0 Å². The van der Waals surface area contributed by atoms with Gasteiger partial charge in [0.05, 0.1) is 19.8 Å². The summed E-state index contributed by atoms with van der Waals surface area (Å²) in [5.74, 6) is -0.0858. The molecule has 0 amide bonds. The number of hydrogen-bond acceptors (Lipinski definition) is 5. The molecule has 0 saturated carbocycles. The lowest BCUT2D eigenvalue weighted by atomic mass is 10.0. The largest absolute Gasteiger partial charge is 0.466 e. The van der Waals surface area contributed by atoms with Crippen molar-refractivity contribution in [1.82, 2.24) is 0 Å². The van der Waals surface area contributed by atoms with Gasteiger partial charge in [-0.15, -0.1) is 0 Å². The Morgan fingerprint density at radius 1 is 0.657 bits per heavy atom. The lowest BCUT2D eigenvalue weighted by Gasteiger charge is -2.18. The maximum atomic E-state index is 11.3. The molecule has 6 heteroatoms. The Bertz CT molecular complexity index is 422.